The number of carbonyl (C=O) groups is 1. The summed E-state index contributed by atoms with van der Waals surface area (Å²) in [6.07, 6.45) is 3.97. The summed E-state index contributed by atoms with van der Waals surface area (Å²) in [5, 5.41) is 15.1. The second kappa shape index (κ2) is 6.78. The van der Waals surface area contributed by atoms with Gasteiger partial charge in [0.15, 0.2) is 0 Å². The van der Waals surface area contributed by atoms with Gasteiger partial charge in [-0.3, -0.25) is 4.79 Å². The van der Waals surface area contributed by atoms with Gasteiger partial charge in [-0.2, -0.15) is 0 Å². The molecule has 0 aliphatic heterocycles. The van der Waals surface area contributed by atoms with Gasteiger partial charge < -0.3 is 16.2 Å². The fraction of sp³-hybridized carbons (Fsp3) is 0.667. The van der Waals surface area contributed by atoms with E-state index in [2.05, 4.69) is 15.4 Å². The number of hydrogen-bond donors (Lipinski definition) is 3. The molecule has 0 saturated heterocycles. The van der Waals surface area contributed by atoms with E-state index in [1.807, 2.05) is 0 Å². The van der Waals surface area contributed by atoms with Crippen LogP contribution in [0.4, 0.5) is 5.95 Å². The van der Waals surface area contributed by atoms with Gasteiger partial charge in [0, 0.05) is 13.2 Å². The molecule has 0 aromatic carbocycles. The molecule has 90 valence electrons. The number of aromatic nitrogens is 3. The minimum absolute atomic E-state index is 0.117. The summed E-state index contributed by atoms with van der Waals surface area (Å²) >= 11 is 0. The average Bonchev–Trinajstić information content (AvgIpc) is 2.63. The van der Waals surface area contributed by atoms with Crippen LogP contribution in [0.5, 0.6) is 0 Å². The quantitative estimate of drug-likeness (QED) is 0.525. The van der Waals surface area contributed by atoms with Crippen LogP contribution in [0.3, 0.4) is 0 Å². The molecule has 1 heterocycles. The number of amides is 1. The minimum Gasteiger partial charge on any atom is -0.396 e. The van der Waals surface area contributed by atoms with Crippen LogP contribution in [-0.2, 0) is 11.3 Å². The van der Waals surface area contributed by atoms with E-state index >= 15 is 0 Å². The van der Waals surface area contributed by atoms with Crippen molar-refractivity contribution < 1.29 is 9.90 Å². The van der Waals surface area contributed by atoms with Crippen LogP contribution in [0.25, 0.3) is 0 Å². The second-order valence-electron chi connectivity index (χ2n) is 3.43. The highest BCUT2D eigenvalue weighted by atomic mass is 16.2. The van der Waals surface area contributed by atoms with E-state index in [0.717, 1.165) is 19.3 Å². The lowest BCUT2D eigenvalue weighted by Crippen LogP contribution is -2.28. The summed E-state index contributed by atoms with van der Waals surface area (Å²) in [6, 6.07) is 0. The fourth-order valence-corrected chi connectivity index (χ4v) is 1.23. The fourth-order valence-electron chi connectivity index (χ4n) is 1.23. The van der Waals surface area contributed by atoms with Crippen molar-refractivity contribution in [1.82, 2.24) is 20.1 Å². The predicted molar refractivity (Wildman–Crippen MR) is 58.4 cm³/mol. The molecular formula is C9H17N5O2. The molecule has 0 atom stereocenters. The standard InChI is InChI=1S/C9H17N5O2/c10-9-12-7-14(13-9)6-8(16)11-4-2-1-3-5-15/h7,15H,1-6H2,(H2,10,13)(H,11,16). The Bertz CT molecular complexity index is 325. The van der Waals surface area contributed by atoms with Gasteiger partial charge in [-0.25, -0.2) is 9.67 Å². The van der Waals surface area contributed by atoms with Gasteiger partial charge in [-0.05, 0) is 19.3 Å². The lowest BCUT2D eigenvalue weighted by molar-refractivity contribution is -0.121. The monoisotopic (exact) mass is 227 g/mol. The van der Waals surface area contributed by atoms with Crippen molar-refractivity contribution in [2.45, 2.75) is 25.8 Å². The van der Waals surface area contributed by atoms with E-state index in [9.17, 15) is 4.79 Å². The molecule has 0 radical (unpaired) electrons. The zero-order valence-corrected chi connectivity index (χ0v) is 9.09. The molecule has 1 amide bonds. The van der Waals surface area contributed by atoms with Crippen LogP contribution in [0.1, 0.15) is 19.3 Å². The molecule has 7 heteroatoms. The molecule has 1 rings (SSSR count). The normalized spacial score (nSPS) is 10.3. The van der Waals surface area contributed by atoms with Gasteiger partial charge in [0.1, 0.15) is 12.9 Å². The van der Waals surface area contributed by atoms with Crippen LogP contribution in [0, 0.1) is 0 Å². The van der Waals surface area contributed by atoms with Crippen LogP contribution in [0.15, 0.2) is 6.33 Å². The Kier molecular flexibility index (Phi) is 5.27. The van der Waals surface area contributed by atoms with Crippen molar-refractivity contribution in [1.29, 1.82) is 0 Å². The molecular weight excluding hydrogens is 210 g/mol. The first-order valence-electron chi connectivity index (χ1n) is 5.25. The third-order valence-electron chi connectivity index (χ3n) is 2.02. The van der Waals surface area contributed by atoms with Crippen molar-refractivity contribution in [3.05, 3.63) is 6.33 Å². The first-order valence-corrected chi connectivity index (χ1v) is 5.25. The molecule has 0 saturated carbocycles. The summed E-state index contributed by atoms with van der Waals surface area (Å²) in [4.78, 5) is 15.1. The third-order valence-corrected chi connectivity index (χ3v) is 2.02. The molecule has 0 bridgehead atoms. The smallest absolute Gasteiger partial charge is 0.241 e. The molecule has 1 aromatic rings. The van der Waals surface area contributed by atoms with Gasteiger partial charge in [-0.1, -0.05) is 0 Å². The molecule has 0 aliphatic carbocycles. The molecule has 4 N–H and O–H groups in total. The Morgan fingerprint density at radius 3 is 2.94 bits per heavy atom. The summed E-state index contributed by atoms with van der Waals surface area (Å²) < 4.78 is 1.39. The number of aliphatic hydroxyl groups excluding tert-OH is 1. The largest absolute Gasteiger partial charge is 0.396 e. The van der Waals surface area contributed by atoms with E-state index in [1.54, 1.807) is 0 Å². The van der Waals surface area contributed by atoms with Crippen molar-refractivity contribution in [2.75, 3.05) is 18.9 Å². The molecule has 0 unspecified atom stereocenters. The Morgan fingerprint density at radius 2 is 2.31 bits per heavy atom. The van der Waals surface area contributed by atoms with Gasteiger partial charge in [0.05, 0.1) is 0 Å². The SMILES string of the molecule is Nc1ncn(CC(=O)NCCCCCO)n1. The average molecular weight is 227 g/mol. The highest BCUT2D eigenvalue weighted by molar-refractivity contribution is 5.75. The Balaban J connectivity index is 2.11. The summed E-state index contributed by atoms with van der Waals surface area (Å²) in [7, 11) is 0. The van der Waals surface area contributed by atoms with Crippen LogP contribution in [0.2, 0.25) is 0 Å². The molecule has 0 spiro atoms. The number of nitrogens with zero attached hydrogens (tertiary/aromatic N) is 3. The molecule has 0 fully saturated rings. The lowest BCUT2D eigenvalue weighted by atomic mass is 10.2. The van der Waals surface area contributed by atoms with Crippen molar-refractivity contribution in [3.8, 4) is 0 Å². The Morgan fingerprint density at radius 1 is 1.50 bits per heavy atom. The maximum absolute atomic E-state index is 11.4. The first kappa shape index (κ1) is 12.4. The number of carbonyl (C=O) groups excluding carboxylic acids is 1. The van der Waals surface area contributed by atoms with Crippen molar-refractivity contribution in [3.63, 3.8) is 0 Å². The third kappa shape index (κ3) is 4.74. The van der Waals surface area contributed by atoms with E-state index in [1.165, 1.54) is 11.0 Å². The minimum atomic E-state index is -0.117. The summed E-state index contributed by atoms with van der Waals surface area (Å²) in [5.74, 6) is 0.0460. The maximum Gasteiger partial charge on any atom is 0.241 e. The topological polar surface area (TPSA) is 106 Å². The lowest BCUT2D eigenvalue weighted by Gasteiger charge is -2.04. The number of rotatable bonds is 7. The Hall–Kier alpha value is -1.63. The summed E-state index contributed by atoms with van der Waals surface area (Å²) in [6.45, 7) is 0.944. The predicted octanol–water partition coefficient (Wildman–Crippen LogP) is -0.861. The second-order valence-corrected chi connectivity index (χ2v) is 3.43. The molecule has 7 nitrogen and oxygen atoms in total. The highest BCUT2D eigenvalue weighted by Crippen LogP contribution is 1.92. The zero-order valence-electron chi connectivity index (χ0n) is 9.09. The maximum atomic E-state index is 11.4. The number of unbranched alkanes of at least 4 members (excludes halogenated alkanes) is 2. The number of nitrogens with one attached hydrogen (secondary N) is 1. The number of anilines is 1. The highest BCUT2D eigenvalue weighted by Gasteiger charge is 2.03. The molecule has 16 heavy (non-hydrogen) atoms. The van der Waals surface area contributed by atoms with Crippen molar-refractivity contribution in [2.24, 2.45) is 0 Å². The van der Waals surface area contributed by atoms with Crippen LogP contribution < -0.4 is 11.1 Å². The molecule has 0 aliphatic rings. The van der Waals surface area contributed by atoms with Gasteiger partial charge in [-0.15, -0.1) is 5.10 Å². The zero-order chi connectivity index (χ0) is 11.8. The van der Waals surface area contributed by atoms with Crippen LogP contribution in [-0.4, -0.2) is 38.9 Å². The van der Waals surface area contributed by atoms with Gasteiger partial charge in [0.25, 0.3) is 0 Å². The first-order chi connectivity index (χ1) is 7.72. The Labute approximate surface area is 93.7 Å². The van der Waals surface area contributed by atoms with E-state index < -0.39 is 0 Å². The van der Waals surface area contributed by atoms with E-state index in [0.29, 0.717) is 6.54 Å². The summed E-state index contributed by atoms with van der Waals surface area (Å²) in [5.41, 5.74) is 5.31. The number of nitrogen functional groups attached to an aromatic ring is 1. The van der Waals surface area contributed by atoms with Gasteiger partial charge >= 0.3 is 0 Å². The van der Waals surface area contributed by atoms with Crippen LogP contribution >= 0.6 is 0 Å². The van der Waals surface area contributed by atoms with E-state index in [-0.39, 0.29) is 25.0 Å². The van der Waals surface area contributed by atoms with E-state index in [4.69, 9.17) is 10.8 Å². The number of hydrogen-bond acceptors (Lipinski definition) is 5. The molecule has 1 aromatic heterocycles. The van der Waals surface area contributed by atoms with Crippen molar-refractivity contribution >= 4 is 11.9 Å². The number of nitrogens with two attached hydrogens (primary N) is 1. The number of aliphatic hydroxyl groups is 1. The van der Waals surface area contributed by atoms with Gasteiger partial charge in [0.2, 0.25) is 11.9 Å².